The summed E-state index contributed by atoms with van der Waals surface area (Å²) < 4.78 is 30.5. The number of rotatable bonds is 2. The lowest BCUT2D eigenvalue weighted by atomic mass is 10.1. The zero-order valence-corrected chi connectivity index (χ0v) is 11.8. The van der Waals surface area contributed by atoms with E-state index in [9.17, 15) is 8.42 Å². The van der Waals surface area contributed by atoms with E-state index >= 15 is 0 Å². The molecule has 1 aliphatic heterocycles. The number of ether oxygens (including phenoxy) is 1. The van der Waals surface area contributed by atoms with Crippen LogP contribution in [0.1, 0.15) is 16.7 Å². The van der Waals surface area contributed by atoms with Crippen LogP contribution in [-0.4, -0.2) is 33.6 Å². The van der Waals surface area contributed by atoms with Crippen molar-refractivity contribution in [1.82, 2.24) is 5.32 Å². The normalized spacial score (nSPS) is 20.9. The van der Waals surface area contributed by atoms with Gasteiger partial charge in [0.05, 0.1) is 11.5 Å². The number of morpholine rings is 1. The molecule has 0 aromatic heterocycles. The van der Waals surface area contributed by atoms with Gasteiger partial charge in [-0.1, -0.05) is 17.7 Å². The molecule has 0 amide bonds. The summed E-state index contributed by atoms with van der Waals surface area (Å²) in [6.45, 7) is 7.14. The molecule has 100 valence electrons. The van der Waals surface area contributed by atoms with E-state index in [-0.39, 0.29) is 0 Å². The fourth-order valence-electron chi connectivity index (χ4n) is 2.49. The van der Waals surface area contributed by atoms with E-state index in [0.717, 1.165) is 16.7 Å². The summed E-state index contributed by atoms with van der Waals surface area (Å²) in [6, 6.07) is 3.80. The Labute approximate surface area is 108 Å². The number of hydrogen-bond acceptors (Lipinski definition) is 4. The summed E-state index contributed by atoms with van der Waals surface area (Å²) in [7, 11) is -3.42. The van der Waals surface area contributed by atoms with E-state index in [0.29, 0.717) is 24.6 Å². The van der Waals surface area contributed by atoms with E-state index < -0.39 is 15.3 Å². The average Bonchev–Trinajstić information content (AvgIpc) is 2.28. The van der Waals surface area contributed by atoms with Crippen molar-refractivity contribution in [3.05, 3.63) is 28.8 Å². The molecule has 0 bridgehead atoms. The molecule has 0 spiro atoms. The van der Waals surface area contributed by atoms with Gasteiger partial charge in [0.15, 0.2) is 5.44 Å². The summed E-state index contributed by atoms with van der Waals surface area (Å²) in [5.41, 5.74) is 1.89. The first-order valence-electron chi connectivity index (χ1n) is 6.07. The van der Waals surface area contributed by atoms with Gasteiger partial charge in [-0.3, -0.25) is 0 Å². The van der Waals surface area contributed by atoms with Crippen LogP contribution < -0.4 is 5.32 Å². The van der Waals surface area contributed by atoms with Crippen molar-refractivity contribution < 1.29 is 13.2 Å². The topological polar surface area (TPSA) is 55.4 Å². The van der Waals surface area contributed by atoms with E-state index in [2.05, 4.69) is 5.32 Å². The molecule has 5 heteroatoms. The maximum atomic E-state index is 12.6. The molecule has 1 aliphatic rings. The average molecular weight is 269 g/mol. The fraction of sp³-hybridized carbons (Fsp3) is 0.538. The van der Waals surface area contributed by atoms with Gasteiger partial charge in [0.1, 0.15) is 0 Å². The highest BCUT2D eigenvalue weighted by atomic mass is 32.2. The molecule has 18 heavy (non-hydrogen) atoms. The molecule has 1 N–H and O–H groups in total. The summed E-state index contributed by atoms with van der Waals surface area (Å²) in [6.07, 6.45) is 0. The van der Waals surface area contributed by atoms with Gasteiger partial charge in [-0.2, -0.15) is 0 Å². The van der Waals surface area contributed by atoms with Gasteiger partial charge < -0.3 is 10.1 Å². The van der Waals surface area contributed by atoms with Crippen LogP contribution in [0.4, 0.5) is 0 Å². The zero-order valence-electron chi connectivity index (χ0n) is 11.0. The molecular formula is C13H19NO3S. The van der Waals surface area contributed by atoms with Crippen molar-refractivity contribution in [2.45, 2.75) is 31.1 Å². The summed E-state index contributed by atoms with van der Waals surface area (Å²) in [5, 5.41) is 3.06. The van der Waals surface area contributed by atoms with Crippen LogP contribution in [-0.2, 0) is 14.6 Å². The minimum atomic E-state index is -3.42. The lowest BCUT2D eigenvalue weighted by molar-refractivity contribution is 0.0784. The predicted molar refractivity (Wildman–Crippen MR) is 70.4 cm³/mol. The molecule has 1 saturated heterocycles. The maximum Gasteiger partial charge on any atom is 0.206 e. The van der Waals surface area contributed by atoms with Crippen molar-refractivity contribution in [2.75, 3.05) is 19.7 Å². The smallest absolute Gasteiger partial charge is 0.206 e. The highest BCUT2D eigenvalue weighted by molar-refractivity contribution is 7.92. The third-order valence-electron chi connectivity index (χ3n) is 3.13. The lowest BCUT2D eigenvalue weighted by Gasteiger charge is -2.25. The minimum absolute atomic E-state index is 0.356. The minimum Gasteiger partial charge on any atom is -0.359 e. The molecule has 1 heterocycles. The Morgan fingerprint density at radius 2 is 1.83 bits per heavy atom. The van der Waals surface area contributed by atoms with Crippen LogP contribution in [0.25, 0.3) is 0 Å². The zero-order chi connectivity index (χ0) is 13.3. The van der Waals surface area contributed by atoms with Gasteiger partial charge in [0.25, 0.3) is 0 Å². The predicted octanol–water partition coefficient (Wildman–Crippen LogP) is 1.33. The summed E-state index contributed by atoms with van der Waals surface area (Å²) >= 11 is 0. The number of benzene rings is 1. The molecule has 1 fully saturated rings. The Hall–Kier alpha value is -0.910. The van der Waals surface area contributed by atoms with E-state index in [1.54, 1.807) is 0 Å². The van der Waals surface area contributed by atoms with Crippen molar-refractivity contribution >= 4 is 9.84 Å². The van der Waals surface area contributed by atoms with Gasteiger partial charge in [0, 0.05) is 13.1 Å². The first-order valence-corrected chi connectivity index (χ1v) is 7.61. The van der Waals surface area contributed by atoms with Crippen LogP contribution in [0, 0.1) is 20.8 Å². The molecular weight excluding hydrogens is 250 g/mol. The van der Waals surface area contributed by atoms with Crippen molar-refractivity contribution in [1.29, 1.82) is 0 Å². The Kier molecular flexibility index (Phi) is 3.75. The van der Waals surface area contributed by atoms with Crippen LogP contribution in [0.5, 0.6) is 0 Å². The molecule has 0 saturated carbocycles. The Morgan fingerprint density at radius 1 is 1.22 bits per heavy atom. The monoisotopic (exact) mass is 269 g/mol. The van der Waals surface area contributed by atoms with Crippen LogP contribution in [0.2, 0.25) is 0 Å². The first kappa shape index (κ1) is 13.5. The second-order valence-corrected chi connectivity index (χ2v) is 6.80. The number of aryl methyl sites for hydroxylation is 3. The Bertz CT molecular complexity index is 522. The molecule has 1 aromatic rings. The molecule has 1 aromatic carbocycles. The highest BCUT2D eigenvalue weighted by Gasteiger charge is 2.32. The van der Waals surface area contributed by atoms with Gasteiger partial charge in [-0.25, -0.2) is 8.42 Å². The van der Waals surface area contributed by atoms with Crippen molar-refractivity contribution in [3.8, 4) is 0 Å². The Balaban J connectivity index is 2.47. The SMILES string of the molecule is Cc1cc(C)c(S(=O)(=O)C2CNCCO2)c(C)c1. The van der Waals surface area contributed by atoms with E-state index in [1.807, 2.05) is 32.9 Å². The molecule has 0 aliphatic carbocycles. The molecule has 1 atom stereocenters. The number of sulfone groups is 1. The Morgan fingerprint density at radius 3 is 2.33 bits per heavy atom. The van der Waals surface area contributed by atoms with Crippen LogP contribution >= 0.6 is 0 Å². The van der Waals surface area contributed by atoms with Gasteiger partial charge in [-0.15, -0.1) is 0 Å². The van der Waals surface area contributed by atoms with Crippen molar-refractivity contribution in [2.24, 2.45) is 0 Å². The molecule has 1 unspecified atom stereocenters. The second-order valence-electron chi connectivity index (χ2n) is 4.78. The van der Waals surface area contributed by atoms with Crippen LogP contribution in [0.3, 0.4) is 0 Å². The van der Waals surface area contributed by atoms with Gasteiger partial charge >= 0.3 is 0 Å². The van der Waals surface area contributed by atoms with Crippen molar-refractivity contribution in [3.63, 3.8) is 0 Å². The third-order valence-corrected chi connectivity index (χ3v) is 5.34. The van der Waals surface area contributed by atoms with Gasteiger partial charge in [-0.05, 0) is 31.9 Å². The second kappa shape index (κ2) is 4.99. The lowest BCUT2D eigenvalue weighted by Crippen LogP contribution is -2.43. The standard InChI is InChI=1S/C13H19NO3S/c1-9-6-10(2)13(11(3)7-9)18(15,16)12-8-14-4-5-17-12/h6-7,12,14H,4-5,8H2,1-3H3. The van der Waals surface area contributed by atoms with Gasteiger partial charge in [0.2, 0.25) is 9.84 Å². The van der Waals surface area contributed by atoms with E-state index in [4.69, 9.17) is 4.74 Å². The maximum absolute atomic E-state index is 12.6. The van der Waals surface area contributed by atoms with E-state index in [1.165, 1.54) is 0 Å². The summed E-state index contributed by atoms with van der Waals surface area (Å²) in [4.78, 5) is 0.418. The summed E-state index contributed by atoms with van der Waals surface area (Å²) in [5.74, 6) is 0. The molecule has 0 radical (unpaired) electrons. The first-order chi connectivity index (χ1) is 8.43. The number of nitrogens with one attached hydrogen (secondary N) is 1. The third kappa shape index (κ3) is 2.43. The molecule has 4 nitrogen and oxygen atoms in total. The quantitative estimate of drug-likeness (QED) is 0.880. The largest absolute Gasteiger partial charge is 0.359 e. The fourth-order valence-corrected chi connectivity index (χ4v) is 4.38. The number of hydrogen-bond donors (Lipinski definition) is 1. The molecule has 2 rings (SSSR count). The van der Waals surface area contributed by atoms with Crippen LogP contribution in [0.15, 0.2) is 17.0 Å². The highest BCUT2D eigenvalue weighted by Crippen LogP contribution is 2.26.